The summed E-state index contributed by atoms with van der Waals surface area (Å²) in [6.45, 7) is 3.56. The number of amides is 1. The van der Waals surface area contributed by atoms with E-state index >= 15 is 0 Å². The van der Waals surface area contributed by atoms with Crippen molar-refractivity contribution in [3.63, 3.8) is 0 Å². The monoisotopic (exact) mass is 390 g/mol. The summed E-state index contributed by atoms with van der Waals surface area (Å²) in [7, 11) is 0. The maximum atomic E-state index is 13.0. The van der Waals surface area contributed by atoms with Crippen molar-refractivity contribution in [3.05, 3.63) is 72.0 Å². The Balaban J connectivity index is 1.34. The molecule has 1 saturated heterocycles. The highest BCUT2D eigenvalue weighted by Crippen LogP contribution is 2.24. The highest BCUT2D eigenvalue weighted by Gasteiger charge is 2.26. The number of rotatable bonds is 4. The first-order chi connectivity index (χ1) is 14.1. The summed E-state index contributed by atoms with van der Waals surface area (Å²) in [4.78, 5) is 14.6. The molecular formula is C23H23FN4O. The van der Waals surface area contributed by atoms with Crippen molar-refractivity contribution < 1.29 is 9.18 Å². The van der Waals surface area contributed by atoms with Crippen LogP contribution in [0.1, 0.15) is 18.4 Å². The van der Waals surface area contributed by atoms with Crippen molar-refractivity contribution in [3.8, 4) is 11.3 Å². The van der Waals surface area contributed by atoms with E-state index in [1.54, 1.807) is 12.1 Å². The van der Waals surface area contributed by atoms with Crippen LogP contribution < -0.4 is 10.2 Å². The van der Waals surface area contributed by atoms with Crippen LogP contribution in [0.4, 0.5) is 15.9 Å². The van der Waals surface area contributed by atoms with E-state index in [-0.39, 0.29) is 17.6 Å². The van der Waals surface area contributed by atoms with Gasteiger partial charge in [-0.2, -0.15) is 0 Å². The van der Waals surface area contributed by atoms with E-state index in [2.05, 4.69) is 39.5 Å². The van der Waals surface area contributed by atoms with Gasteiger partial charge >= 0.3 is 0 Å². The van der Waals surface area contributed by atoms with Gasteiger partial charge in [0.2, 0.25) is 5.91 Å². The Kier molecular flexibility index (Phi) is 5.51. The van der Waals surface area contributed by atoms with E-state index in [1.165, 1.54) is 17.7 Å². The van der Waals surface area contributed by atoms with Crippen molar-refractivity contribution in [1.29, 1.82) is 0 Å². The number of carbonyl (C=O) groups excluding carboxylic acids is 1. The largest absolute Gasteiger partial charge is 0.355 e. The molecule has 1 aliphatic rings. The molecule has 0 bridgehead atoms. The Morgan fingerprint density at radius 1 is 1.03 bits per heavy atom. The smallest absolute Gasteiger partial charge is 0.227 e. The van der Waals surface area contributed by atoms with Gasteiger partial charge in [-0.3, -0.25) is 4.79 Å². The van der Waals surface area contributed by atoms with Crippen LogP contribution >= 0.6 is 0 Å². The average molecular weight is 390 g/mol. The van der Waals surface area contributed by atoms with Crippen LogP contribution in [0.5, 0.6) is 0 Å². The predicted octanol–water partition coefficient (Wildman–Crippen LogP) is 4.45. The van der Waals surface area contributed by atoms with Crippen molar-refractivity contribution in [2.75, 3.05) is 23.3 Å². The van der Waals surface area contributed by atoms with E-state index < -0.39 is 0 Å². The standard InChI is InChI=1S/C23H23FN4O/c1-16-3-2-4-18(15-16)21-9-10-22(27-26-21)28-13-11-17(12-14-28)23(29)25-20-7-5-19(24)6-8-20/h2-10,15,17H,11-14H2,1H3,(H,25,29). The first-order valence-corrected chi connectivity index (χ1v) is 9.80. The van der Waals surface area contributed by atoms with Crippen LogP contribution in [0.15, 0.2) is 60.7 Å². The van der Waals surface area contributed by atoms with Crippen LogP contribution in [0, 0.1) is 18.7 Å². The molecule has 0 unspecified atom stereocenters. The zero-order chi connectivity index (χ0) is 20.2. The second kappa shape index (κ2) is 8.39. The molecule has 3 aromatic rings. The molecule has 4 rings (SSSR count). The lowest BCUT2D eigenvalue weighted by atomic mass is 9.95. The second-order valence-corrected chi connectivity index (χ2v) is 7.40. The Morgan fingerprint density at radius 3 is 2.45 bits per heavy atom. The summed E-state index contributed by atoms with van der Waals surface area (Å²) in [5.74, 6) is 0.442. The van der Waals surface area contributed by atoms with Gasteiger partial charge in [0.05, 0.1) is 5.69 Å². The number of hydrogen-bond acceptors (Lipinski definition) is 4. The number of hydrogen-bond donors (Lipinski definition) is 1. The lowest BCUT2D eigenvalue weighted by molar-refractivity contribution is -0.120. The van der Waals surface area contributed by atoms with E-state index in [4.69, 9.17) is 0 Å². The number of nitrogens with one attached hydrogen (secondary N) is 1. The van der Waals surface area contributed by atoms with Crippen LogP contribution in [-0.4, -0.2) is 29.2 Å². The highest BCUT2D eigenvalue weighted by molar-refractivity contribution is 5.92. The van der Waals surface area contributed by atoms with Gasteiger partial charge in [-0.05, 0) is 62.2 Å². The number of anilines is 2. The first kappa shape index (κ1) is 19.1. The van der Waals surface area contributed by atoms with Gasteiger partial charge in [-0.25, -0.2) is 4.39 Å². The highest BCUT2D eigenvalue weighted by atomic mass is 19.1. The van der Waals surface area contributed by atoms with Gasteiger partial charge in [0, 0.05) is 30.3 Å². The molecule has 148 valence electrons. The lowest BCUT2D eigenvalue weighted by Crippen LogP contribution is -2.38. The molecule has 5 nitrogen and oxygen atoms in total. The third kappa shape index (κ3) is 4.59. The molecule has 29 heavy (non-hydrogen) atoms. The molecule has 1 amide bonds. The molecule has 0 saturated carbocycles. The maximum Gasteiger partial charge on any atom is 0.227 e. The Hall–Kier alpha value is -3.28. The first-order valence-electron chi connectivity index (χ1n) is 9.80. The number of aromatic nitrogens is 2. The fourth-order valence-corrected chi connectivity index (χ4v) is 3.60. The van der Waals surface area contributed by atoms with E-state index in [1.807, 2.05) is 24.3 Å². The molecule has 1 fully saturated rings. The predicted molar refractivity (Wildman–Crippen MR) is 112 cm³/mol. The molecule has 1 N–H and O–H groups in total. The van der Waals surface area contributed by atoms with Crippen molar-refractivity contribution >= 4 is 17.4 Å². The summed E-state index contributed by atoms with van der Waals surface area (Å²) in [5.41, 5.74) is 3.72. The summed E-state index contributed by atoms with van der Waals surface area (Å²) in [5, 5.41) is 11.6. The van der Waals surface area contributed by atoms with Gasteiger partial charge in [-0.1, -0.05) is 23.8 Å². The number of benzene rings is 2. The van der Waals surface area contributed by atoms with Crippen molar-refractivity contribution in [2.24, 2.45) is 5.92 Å². The second-order valence-electron chi connectivity index (χ2n) is 7.40. The molecule has 0 atom stereocenters. The van der Waals surface area contributed by atoms with E-state index in [0.717, 1.165) is 43.0 Å². The minimum absolute atomic E-state index is 0.0165. The van der Waals surface area contributed by atoms with Gasteiger partial charge in [0.15, 0.2) is 5.82 Å². The summed E-state index contributed by atoms with van der Waals surface area (Å²) in [6.07, 6.45) is 1.49. The Morgan fingerprint density at radius 2 is 1.79 bits per heavy atom. The van der Waals surface area contributed by atoms with E-state index in [0.29, 0.717) is 5.69 Å². The van der Waals surface area contributed by atoms with Gasteiger partial charge in [-0.15, -0.1) is 10.2 Å². The Bertz CT molecular complexity index is 981. The van der Waals surface area contributed by atoms with Crippen LogP contribution in [0.3, 0.4) is 0 Å². The third-order valence-electron chi connectivity index (χ3n) is 5.27. The van der Waals surface area contributed by atoms with Crippen LogP contribution in [0.2, 0.25) is 0 Å². The normalized spacial score (nSPS) is 14.6. The van der Waals surface area contributed by atoms with Gasteiger partial charge < -0.3 is 10.2 Å². The SMILES string of the molecule is Cc1cccc(-c2ccc(N3CCC(C(=O)Nc4ccc(F)cc4)CC3)nn2)c1. The molecule has 6 heteroatoms. The fourth-order valence-electron chi connectivity index (χ4n) is 3.60. The van der Waals surface area contributed by atoms with Crippen molar-refractivity contribution in [2.45, 2.75) is 19.8 Å². The summed E-state index contributed by atoms with van der Waals surface area (Å²) < 4.78 is 13.0. The molecule has 0 aliphatic carbocycles. The Labute approximate surface area is 169 Å². The molecular weight excluding hydrogens is 367 g/mol. The zero-order valence-corrected chi connectivity index (χ0v) is 16.3. The average Bonchev–Trinajstić information content (AvgIpc) is 2.75. The minimum Gasteiger partial charge on any atom is -0.355 e. The number of carbonyl (C=O) groups is 1. The van der Waals surface area contributed by atoms with Gasteiger partial charge in [0.1, 0.15) is 5.82 Å². The maximum absolute atomic E-state index is 13.0. The third-order valence-corrected chi connectivity index (χ3v) is 5.27. The zero-order valence-electron chi connectivity index (χ0n) is 16.3. The molecule has 0 spiro atoms. The molecule has 1 aromatic heterocycles. The minimum atomic E-state index is -0.314. The quantitative estimate of drug-likeness (QED) is 0.715. The lowest BCUT2D eigenvalue weighted by Gasteiger charge is -2.31. The molecule has 2 aromatic carbocycles. The summed E-state index contributed by atoms with van der Waals surface area (Å²) >= 11 is 0. The molecule has 1 aliphatic heterocycles. The van der Waals surface area contributed by atoms with Crippen LogP contribution in [-0.2, 0) is 4.79 Å². The number of halogens is 1. The number of aryl methyl sites for hydroxylation is 1. The molecule has 2 heterocycles. The fraction of sp³-hybridized carbons (Fsp3) is 0.261. The van der Waals surface area contributed by atoms with Crippen molar-refractivity contribution in [1.82, 2.24) is 10.2 Å². The topological polar surface area (TPSA) is 58.1 Å². The number of piperidine rings is 1. The van der Waals surface area contributed by atoms with E-state index in [9.17, 15) is 9.18 Å². The molecule has 0 radical (unpaired) electrons. The number of nitrogens with zero attached hydrogens (tertiary/aromatic N) is 3. The summed E-state index contributed by atoms with van der Waals surface area (Å²) in [6, 6.07) is 18.0. The van der Waals surface area contributed by atoms with Crippen LogP contribution in [0.25, 0.3) is 11.3 Å². The van der Waals surface area contributed by atoms with Gasteiger partial charge in [0.25, 0.3) is 0 Å².